The van der Waals surface area contributed by atoms with Crippen molar-refractivity contribution in [3.05, 3.63) is 0 Å². The van der Waals surface area contributed by atoms with Gasteiger partial charge >= 0.3 is 5.97 Å². The van der Waals surface area contributed by atoms with Gasteiger partial charge in [0.2, 0.25) is 5.91 Å². The SMILES string of the molecule is CN1N=C(C(=O)NC(C(=O)O)C(C)(C)C)CCC1=O. The molecule has 1 rings (SSSR count). The maximum absolute atomic E-state index is 12.0. The number of amides is 2. The number of carbonyl (C=O) groups excluding carboxylic acids is 2. The first-order chi connectivity index (χ1) is 8.62. The highest BCUT2D eigenvalue weighted by Gasteiger charge is 2.34. The number of aliphatic carboxylic acids is 1. The normalized spacial score (nSPS) is 17.8. The van der Waals surface area contributed by atoms with E-state index in [1.807, 2.05) is 0 Å². The van der Waals surface area contributed by atoms with E-state index in [1.165, 1.54) is 7.05 Å². The van der Waals surface area contributed by atoms with E-state index in [-0.39, 0.29) is 24.5 Å². The van der Waals surface area contributed by atoms with Crippen molar-refractivity contribution in [1.29, 1.82) is 0 Å². The van der Waals surface area contributed by atoms with Crippen LogP contribution in [0, 0.1) is 5.41 Å². The van der Waals surface area contributed by atoms with E-state index in [9.17, 15) is 14.4 Å². The lowest BCUT2D eigenvalue weighted by molar-refractivity contribution is -0.144. The Morgan fingerprint density at radius 3 is 2.37 bits per heavy atom. The highest BCUT2D eigenvalue weighted by Crippen LogP contribution is 2.19. The molecule has 0 aliphatic carbocycles. The van der Waals surface area contributed by atoms with Crippen LogP contribution in [0.3, 0.4) is 0 Å². The summed E-state index contributed by atoms with van der Waals surface area (Å²) >= 11 is 0. The minimum absolute atomic E-state index is 0.165. The van der Waals surface area contributed by atoms with Crippen molar-refractivity contribution in [1.82, 2.24) is 10.3 Å². The third-order valence-corrected chi connectivity index (χ3v) is 2.86. The molecule has 0 aromatic rings. The summed E-state index contributed by atoms with van der Waals surface area (Å²) in [4.78, 5) is 34.4. The lowest BCUT2D eigenvalue weighted by Gasteiger charge is -2.28. The summed E-state index contributed by atoms with van der Waals surface area (Å²) in [6, 6.07) is -1.01. The predicted molar refractivity (Wildman–Crippen MR) is 68.5 cm³/mol. The van der Waals surface area contributed by atoms with Gasteiger partial charge < -0.3 is 10.4 Å². The second-order valence-corrected chi connectivity index (χ2v) is 5.57. The minimum atomic E-state index is -1.10. The van der Waals surface area contributed by atoms with Crippen molar-refractivity contribution in [2.75, 3.05) is 7.05 Å². The van der Waals surface area contributed by atoms with Gasteiger partial charge in [-0.3, -0.25) is 9.59 Å². The van der Waals surface area contributed by atoms with Crippen LogP contribution in [0.2, 0.25) is 0 Å². The van der Waals surface area contributed by atoms with E-state index < -0.39 is 23.3 Å². The maximum atomic E-state index is 12.0. The number of hydrogen-bond acceptors (Lipinski definition) is 4. The quantitative estimate of drug-likeness (QED) is 0.765. The molecule has 1 unspecified atom stereocenters. The topological polar surface area (TPSA) is 99.1 Å². The number of carbonyl (C=O) groups is 3. The Bertz CT molecular complexity index is 437. The summed E-state index contributed by atoms with van der Waals surface area (Å²) in [5, 5.41) is 16.5. The molecule has 1 aliphatic heterocycles. The van der Waals surface area contributed by atoms with Gasteiger partial charge in [-0.1, -0.05) is 20.8 Å². The Morgan fingerprint density at radius 1 is 1.37 bits per heavy atom. The van der Waals surface area contributed by atoms with Gasteiger partial charge in [-0.15, -0.1) is 0 Å². The smallest absolute Gasteiger partial charge is 0.326 e. The molecule has 106 valence electrons. The van der Waals surface area contributed by atoms with Crippen LogP contribution in [0.1, 0.15) is 33.6 Å². The number of nitrogens with one attached hydrogen (secondary N) is 1. The van der Waals surface area contributed by atoms with Gasteiger partial charge in [0, 0.05) is 19.9 Å². The monoisotopic (exact) mass is 269 g/mol. The van der Waals surface area contributed by atoms with Crippen LogP contribution >= 0.6 is 0 Å². The number of nitrogens with zero attached hydrogens (tertiary/aromatic N) is 2. The molecule has 7 heteroatoms. The van der Waals surface area contributed by atoms with Crippen molar-refractivity contribution in [3.8, 4) is 0 Å². The summed E-state index contributed by atoms with van der Waals surface area (Å²) in [5.41, 5.74) is -0.434. The molecule has 0 saturated heterocycles. The van der Waals surface area contributed by atoms with Gasteiger partial charge in [0.05, 0.1) is 0 Å². The zero-order valence-corrected chi connectivity index (χ0v) is 11.6. The van der Waals surface area contributed by atoms with Crippen molar-refractivity contribution in [2.24, 2.45) is 10.5 Å². The van der Waals surface area contributed by atoms with Crippen LogP contribution < -0.4 is 5.32 Å². The molecule has 0 spiro atoms. The molecular formula is C12H19N3O4. The lowest BCUT2D eigenvalue weighted by Crippen LogP contribution is -2.51. The van der Waals surface area contributed by atoms with Crippen molar-refractivity contribution >= 4 is 23.5 Å². The Kier molecular flexibility index (Phi) is 4.28. The standard InChI is InChI=1S/C12H19N3O4/c1-12(2,3)9(11(18)19)13-10(17)7-5-6-8(16)15(4)14-7/h9H,5-6H2,1-4H3,(H,13,17)(H,18,19). The van der Waals surface area contributed by atoms with Crippen LogP contribution in [0.25, 0.3) is 0 Å². The average molecular weight is 269 g/mol. The number of carboxylic acids is 1. The van der Waals surface area contributed by atoms with E-state index in [1.54, 1.807) is 20.8 Å². The first-order valence-corrected chi connectivity index (χ1v) is 6.00. The number of hydrazone groups is 1. The zero-order chi connectivity index (χ0) is 14.8. The molecule has 1 atom stereocenters. The fourth-order valence-corrected chi connectivity index (χ4v) is 1.70. The Labute approximate surface area is 111 Å². The number of hydrogen-bond donors (Lipinski definition) is 2. The van der Waals surface area contributed by atoms with E-state index >= 15 is 0 Å². The molecular weight excluding hydrogens is 250 g/mol. The third kappa shape index (κ3) is 3.77. The van der Waals surface area contributed by atoms with Crippen LogP contribution in [0.5, 0.6) is 0 Å². The first kappa shape index (κ1) is 15.1. The summed E-state index contributed by atoms with van der Waals surface area (Å²) in [7, 11) is 1.47. The zero-order valence-electron chi connectivity index (χ0n) is 11.6. The van der Waals surface area contributed by atoms with Crippen molar-refractivity contribution < 1.29 is 19.5 Å². The summed E-state index contributed by atoms with van der Waals surface area (Å²) in [6.45, 7) is 5.18. The molecule has 1 aliphatic rings. The minimum Gasteiger partial charge on any atom is -0.480 e. The summed E-state index contributed by atoms with van der Waals surface area (Å²) in [6.07, 6.45) is 0.432. The molecule has 7 nitrogen and oxygen atoms in total. The molecule has 0 radical (unpaired) electrons. The number of carboxylic acid groups (broad SMARTS) is 1. The van der Waals surface area contributed by atoms with Crippen LogP contribution in [0.15, 0.2) is 5.10 Å². The Balaban J connectivity index is 2.82. The van der Waals surface area contributed by atoms with Gasteiger partial charge in [-0.05, 0) is 5.41 Å². The van der Waals surface area contributed by atoms with E-state index in [2.05, 4.69) is 10.4 Å². The predicted octanol–water partition coefficient (Wildman–Crippen LogP) is 0.210. The largest absolute Gasteiger partial charge is 0.480 e. The van der Waals surface area contributed by atoms with Crippen molar-refractivity contribution in [2.45, 2.75) is 39.7 Å². The Morgan fingerprint density at radius 2 is 1.95 bits per heavy atom. The third-order valence-electron chi connectivity index (χ3n) is 2.86. The van der Waals surface area contributed by atoms with Gasteiger partial charge in [-0.2, -0.15) is 5.10 Å². The van der Waals surface area contributed by atoms with E-state index in [0.29, 0.717) is 0 Å². The van der Waals surface area contributed by atoms with Gasteiger partial charge in [-0.25, -0.2) is 9.80 Å². The van der Waals surface area contributed by atoms with Crippen LogP contribution in [-0.2, 0) is 14.4 Å². The van der Waals surface area contributed by atoms with Gasteiger partial charge in [0.1, 0.15) is 11.8 Å². The van der Waals surface area contributed by atoms with Crippen LogP contribution in [0.4, 0.5) is 0 Å². The second kappa shape index (κ2) is 5.38. The molecule has 0 aromatic heterocycles. The highest BCUT2D eigenvalue weighted by molar-refractivity contribution is 6.39. The molecule has 0 fully saturated rings. The average Bonchev–Trinajstić information content (AvgIpc) is 2.27. The highest BCUT2D eigenvalue weighted by atomic mass is 16.4. The molecule has 2 amide bonds. The number of rotatable bonds is 3. The molecule has 0 aromatic carbocycles. The van der Waals surface area contributed by atoms with Gasteiger partial charge in [0.15, 0.2) is 0 Å². The van der Waals surface area contributed by atoms with Crippen molar-refractivity contribution in [3.63, 3.8) is 0 Å². The first-order valence-electron chi connectivity index (χ1n) is 6.00. The fraction of sp³-hybridized carbons (Fsp3) is 0.667. The van der Waals surface area contributed by atoms with Crippen LogP contribution in [-0.4, -0.2) is 46.7 Å². The Hall–Kier alpha value is -1.92. The maximum Gasteiger partial charge on any atom is 0.326 e. The van der Waals surface area contributed by atoms with Gasteiger partial charge in [0.25, 0.3) is 5.91 Å². The fourth-order valence-electron chi connectivity index (χ4n) is 1.70. The van der Waals surface area contributed by atoms with E-state index in [4.69, 9.17) is 5.11 Å². The molecule has 0 saturated carbocycles. The second-order valence-electron chi connectivity index (χ2n) is 5.57. The summed E-state index contributed by atoms with van der Waals surface area (Å²) < 4.78 is 0. The van der Waals surface area contributed by atoms with E-state index in [0.717, 1.165) is 5.01 Å². The lowest BCUT2D eigenvalue weighted by atomic mass is 9.86. The molecule has 2 N–H and O–H groups in total. The summed E-state index contributed by atoms with van der Waals surface area (Å²) in [5.74, 6) is -1.80. The molecule has 19 heavy (non-hydrogen) atoms. The molecule has 0 bridgehead atoms. The molecule has 1 heterocycles.